The molecule has 1 aromatic rings. The van der Waals surface area contributed by atoms with Crippen molar-refractivity contribution in [2.45, 2.75) is 25.3 Å². The summed E-state index contributed by atoms with van der Waals surface area (Å²) >= 11 is 0. The molecule has 0 saturated carbocycles. The molecule has 18 heavy (non-hydrogen) atoms. The maximum absolute atomic E-state index is 11.9. The number of halogens is 2. The lowest BCUT2D eigenvalue weighted by Crippen LogP contribution is -2.38. The van der Waals surface area contributed by atoms with Crippen LogP contribution >= 0.6 is 0 Å². The van der Waals surface area contributed by atoms with Crippen molar-refractivity contribution in [3.63, 3.8) is 0 Å². The van der Waals surface area contributed by atoms with Gasteiger partial charge < -0.3 is 10.5 Å². The highest BCUT2D eigenvalue weighted by molar-refractivity contribution is 5.38. The van der Waals surface area contributed by atoms with E-state index in [1.165, 1.54) is 0 Å². The number of nitrogen functional groups attached to an aromatic ring is 1. The second-order valence-corrected chi connectivity index (χ2v) is 3.87. The van der Waals surface area contributed by atoms with Crippen molar-refractivity contribution in [1.82, 2.24) is 10.4 Å². The molecule has 0 fully saturated rings. The van der Waals surface area contributed by atoms with Crippen LogP contribution in [0.15, 0.2) is 18.3 Å². The smallest absolute Gasteiger partial charge is 0.261 e. The van der Waals surface area contributed by atoms with Crippen LogP contribution < -0.4 is 17.0 Å². The fourth-order valence-electron chi connectivity index (χ4n) is 1.53. The third-order valence-electron chi connectivity index (χ3n) is 2.48. The molecular formula is C11H18F2N4O. The van der Waals surface area contributed by atoms with Crippen LogP contribution in [-0.2, 0) is 11.2 Å². The maximum atomic E-state index is 11.9. The van der Waals surface area contributed by atoms with Crippen LogP contribution in [-0.4, -0.2) is 30.7 Å². The number of nitrogens with one attached hydrogen (secondary N) is 1. The van der Waals surface area contributed by atoms with Crippen molar-refractivity contribution >= 4 is 5.82 Å². The summed E-state index contributed by atoms with van der Waals surface area (Å²) in [5, 5.41) is 0. The largest absolute Gasteiger partial charge is 0.383 e. The van der Waals surface area contributed by atoms with E-state index in [0.717, 1.165) is 5.56 Å². The minimum Gasteiger partial charge on any atom is -0.383 e. The Morgan fingerprint density at radius 1 is 1.44 bits per heavy atom. The topological polar surface area (TPSA) is 86.2 Å². The van der Waals surface area contributed by atoms with Gasteiger partial charge in [0, 0.05) is 18.8 Å². The number of ether oxygens (including phenoxy) is 1. The first-order valence-corrected chi connectivity index (χ1v) is 5.65. The van der Waals surface area contributed by atoms with E-state index in [1.54, 1.807) is 12.3 Å². The summed E-state index contributed by atoms with van der Waals surface area (Å²) in [6, 6.07) is 3.55. The second-order valence-electron chi connectivity index (χ2n) is 3.87. The normalized spacial score (nSPS) is 12.9. The third kappa shape index (κ3) is 5.35. The summed E-state index contributed by atoms with van der Waals surface area (Å²) in [7, 11) is 0. The molecule has 102 valence electrons. The molecule has 1 rings (SSSR count). The molecule has 1 unspecified atom stereocenters. The van der Waals surface area contributed by atoms with Gasteiger partial charge in [0.25, 0.3) is 6.43 Å². The Morgan fingerprint density at radius 3 is 2.83 bits per heavy atom. The monoisotopic (exact) mass is 260 g/mol. The predicted molar refractivity (Wildman–Crippen MR) is 64.9 cm³/mol. The van der Waals surface area contributed by atoms with E-state index < -0.39 is 13.0 Å². The number of hydrogen-bond donors (Lipinski definition) is 3. The van der Waals surface area contributed by atoms with Gasteiger partial charge in [0.1, 0.15) is 12.4 Å². The van der Waals surface area contributed by atoms with Crippen LogP contribution in [0.5, 0.6) is 0 Å². The van der Waals surface area contributed by atoms with E-state index in [9.17, 15) is 8.78 Å². The van der Waals surface area contributed by atoms with Crippen LogP contribution in [0.1, 0.15) is 12.0 Å². The van der Waals surface area contributed by atoms with Gasteiger partial charge in [0.15, 0.2) is 0 Å². The highest BCUT2D eigenvalue weighted by Gasteiger charge is 2.11. The lowest BCUT2D eigenvalue weighted by atomic mass is 10.1. The van der Waals surface area contributed by atoms with Crippen molar-refractivity contribution in [1.29, 1.82) is 0 Å². The van der Waals surface area contributed by atoms with Crippen molar-refractivity contribution in [2.75, 3.05) is 18.9 Å². The van der Waals surface area contributed by atoms with Gasteiger partial charge in [-0.25, -0.2) is 13.8 Å². The number of anilines is 1. The van der Waals surface area contributed by atoms with Crippen molar-refractivity contribution in [2.24, 2.45) is 5.84 Å². The van der Waals surface area contributed by atoms with E-state index in [0.29, 0.717) is 18.7 Å². The summed E-state index contributed by atoms with van der Waals surface area (Å²) in [5.74, 6) is 5.85. The lowest BCUT2D eigenvalue weighted by molar-refractivity contribution is 0.0144. The number of rotatable bonds is 8. The van der Waals surface area contributed by atoms with Crippen molar-refractivity contribution in [3.8, 4) is 0 Å². The standard InChI is InChI=1S/C11H18F2N4O/c12-10(13)7-18-5-3-9(17-15)6-8-2-1-4-16-11(8)14/h1-2,4,9-10,17H,3,5-7,15H2,(H2,14,16). The Balaban J connectivity index is 2.36. The molecule has 1 aromatic heterocycles. The van der Waals surface area contributed by atoms with Gasteiger partial charge in [-0.05, 0) is 24.5 Å². The van der Waals surface area contributed by atoms with Gasteiger partial charge in [0.2, 0.25) is 0 Å². The number of hydrazine groups is 1. The van der Waals surface area contributed by atoms with Crippen molar-refractivity contribution in [3.05, 3.63) is 23.9 Å². The molecule has 0 aliphatic heterocycles. The van der Waals surface area contributed by atoms with E-state index in [4.69, 9.17) is 16.3 Å². The molecular weight excluding hydrogens is 242 g/mol. The lowest BCUT2D eigenvalue weighted by Gasteiger charge is -2.16. The molecule has 5 N–H and O–H groups in total. The van der Waals surface area contributed by atoms with Crippen LogP contribution in [0.4, 0.5) is 14.6 Å². The van der Waals surface area contributed by atoms with E-state index >= 15 is 0 Å². The first-order valence-electron chi connectivity index (χ1n) is 5.65. The molecule has 1 atom stereocenters. The van der Waals surface area contributed by atoms with Gasteiger partial charge in [-0.2, -0.15) is 0 Å². The average Bonchev–Trinajstić information content (AvgIpc) is 2.35. The van der Waals surface area contributed by atoms with E-state index in [1.807, 2.05) is 6.07 Å². The van der Waals surface area contributed by atoms with Gasteiger partial charge >= 0.3 is 0 Å². The summed E-state index contributed by atoms with van der Waals surface area (Å²) in [6.07, 6.45) is 0.268. The van der Waals surface area contributed by atoms with Crippen molar-refractivity contribution < 1.29 is 13.5 Å². The Bertz CT molecular complexity index is 352. The molecule has 0 amide bonds. The Morgan fingerprint density at radius 2 is 2.22 bits per heavy atom. The first-order chi connectivity index (χ1) is 8.63. The molecule has 0 spiro atoms. The highest BCUT2D eigenvalue weighted by Crippen LogP contribution is 2.11. The number of hydrogen-bond acceptors (Lipinski definition) is 5. The van der Waals surface area contributed by atoms with Gasteiger partial charge in [-0.1, -0.05) is 6.07 Å². The Labute approximate surface area is 104 Å². The Kier molecular flexibility index (Phi) is 6.48. The SMILES string of the molecule is NNC(CCOCC(F)F)Cc1cccnc1N. The fourth-order valence-corrected chi connectivity index (χ4v) is 1.53. The Hall–Kier alpha value is -1.31. The van der Waals surface area contributed by atoms with Crippen LogP contribution in [0.3, 0.4) is 0 Å². The maximum Gasteiger partial charge on any atom is 0.261 e. The minimum atomic E-state index is -2.44. The van der Waals surface area contributed by atoms with Gasteiger partial charge in [-0.3, -0.25) is 11.3 Å². The summed E-state index contributed by atoms with van der Waals surface area (Å²) in [4.78, 5) is 3.96. The molecule has 0 bridgehead atoms. The quantitative estimate of drug-likeness (QED) is 0.364. The molecule has 0 radical (unpaired) electrons. The van der Waals surface area contributed by atoms with Crippen LogP contribution in [0.25, 0.3) is 0 Å². The fraction of sp³-hybridized carbons (Fsp3) is 0.545. The third-order valence-corrected chi connectivity index (χ3v) is 2.48. The zero-order chi connectivity index (χ0) is 13.4. The second kappa shape index (κ2) is 7.91. The number of nitrogens with zero attached hydrogens (tertiary/aromatic N) is 1. The number of nitrogens with two attached hydrogens (primary N) is 2. The molecule has 0 saturated heterocycles. The van der Waals surface area contributed by atoms with Gasteiger partial charge in [0.05, 0.1) is 0 Å². The van der Waals surface area contributed by atoms with E-state index in [-0.39, 0.29) is 12.6 Å². The summed E-state index contributed by atoms with van der Waals surface area (Å²) in [6.45, 7) is -0.328. The molecule has 0 aromatic carbocycles. The highest BCUT2D eigenvalue weighted by atomic mass is 19.3. The minimum absolute atomic E-state index is 0.0887. The molecule has 0 aliphatic carbocycles. The molecule has 5 nitrogen and oxygen atoms in total. The number of aromatic nitrogens is 1. The number of alkyl halides is 2. The van der Waals surface area contributed by atoms with E-state index in [2.05, 4.69) is 10.4 Å². The predicted octanol–water partition coefficient (Wildman–Crippen LogP) is 0.710. The van der Waals surface area contributed by atoms with Crippen LogP contribution in [0, 0.1) is 0 Å². The molecule has 7 heteroatoms. The first kappa shape index (κ1) is 14.7. The molecule has 1 heterocycles. The summed E-state index contributed by atoms with van der Waals surface area (Å²) < 4.78 is 28.5. The van der Waals surface area contributed by atoms with Crippen LogP contribution in [0.2, 0.25) is 0 Å². The average molecular weight is 260 g/mol. The summed E-state index contributed by atoms with van der Waals surface area (Å²) in [5.41, 5.74) is 9.19. The zero-order valence-corrected chi connectivity index (χ0v) is 9.98. The number of pyridine rings is 1. The molecule has 0 aliphatic rings. The van der Waals surface area contributed by atoms with Gasteiger partial charge in [-0.15, -0.1) is 0 Å². The zero-order valence-electron chi connectivity index (χ0n) is 9.98.